The van der Waals surface area contributed by atoms with Crippen molar-refractivity contribution in [3.8, 4) is 6.07 Å². The Balaban J connectivity index is 2.39. The second-order valence-electron chi connectivity index (χ2n) is 5.04. The van der Waals surface area contributed by atoms with Crippen molar-refractivity contribution in [3.05, 3.63) is 52.1 Å². The van der Waals surface area contributed by atoms with E-state index in [1.807, 2.05) is 0 Å². The van der Waals surface area contributed by atoms with Crippen LogP contribution >= 0.6 is 0 Å². The summed E-state index contributed by atoms with van der Waals surface area (Å²) in [4.78, 5) is 24.1. The minimum Gasteiger partial charge on any atom is -0.463 e. The van der Waals surface area contributed by atoms with Crippen LogP contribution in [0.25, 0.3) is 6.08 Å². The highest BCUT2D eigenvalue weighted by Gasteiger charge is 2.25. The van der Waals surface area contributed by atoms with Crippen LogP contribution in [0.5, 0.6) is 0 Å². The summed E-state index contributed by atoms with van der Waals surface area (Å²) >= 11 is 0. The van der Waals surface area contributed by atoms with Gasteiger partial charge in [-0.05, 0) is 49.6 Å². The van der Waals surface area contributed by atoms with Crippen molar-refractivity contribution in [1.82, 2.24) is 0 Å². The predicted molar refractivity (Wildman–Crippen MR) is 82.7 cm³/mol. The third kappa shape index (κ3) is 3.32. The Morgan fingerprint density at radius 2 is 2.00 bits per heavy atom. The average Bonchev–Trinajstić information content (AvgIpc) is 2.52. The molecule has 0 aliphatic heterocycles. The van der Waals surface area contributed by atoms with Crippen molar-refractivity contribution in [2.45, 2.75) is 26.7 Å². The van der Waals surface area contributed by atoms with E-state index in [-0.39, 0.29) is 11.8 Å². The van der Waals surface area contributed by atoms with Crippen LogP contribution in [-0.4, -0.2) is 18.4 Å². The Hall–Kier alpha value is -2.67. The molecule has 0 bridgehead atoms. The number of hydrogen-bond donors (Lipinski definition) is 0. The van der Waals surface area contributed by atoms with E-state index in [9.17, 15) is 9.59 Å². The summed E-state index contributed by atoms with van der Waals surface area (Å²) in [5, 5.41) is 8.80. The summed E-state index contributed by atoms with van der Waals surface area (Å²) in [7, 11) is 0. The van der Waals surface area contributed by atoms with Crippen LogP contribution in [0.1, 0.15) is 37.8 Å². The summed E-state index contributed by atoms with van der Waals surface area (Å²) in [6, 6.07) is 9.02. The molecule has 22 heavy (non-hydrogen) atoms. The summed E-state index contributed by atoms with van der Waals surface area (Å²) in [6.45, 7) is 3.85. The van der Waals surface area contributed by atoms with Gasteiger partial charge in [-0.1, -0.05) is 12.1 Å². The number of Topliss-reactive ketones (excluding diaryl/α,β-unsaturated/α-hetero) is 1. The highest BCUT2D eigenvalue weighted by Crippen LogP contribution is 2.29. The van der Waals surface area contributed by atoms with Gasteiger partial charge in [0.05, 0.1) is 18.2 Å². The van der Waals surface area contributed by atoms with E-state index in [1.54, 1.807) is 44.2 Å². The summed E-state index contributed by atoms with van der Waals surface area (Å²) in [6.07, 6.45) is 2.50. The van der Waals surface area contributed by atoms with Crippen LogP contribution in [0.2, 0.25) is 0 Å². The van der Waals surface area contributed by atoms with Crippen LogP contribution < -0.4 is 0 Å². The van der Waals surface area contributed by atoms with Crippen molar-refractivity contribution in [1.29, 1.82) is 5.26 Å². The van der Waals surface area contributed by atoms with E-state index < -0.39 is 0 Å². The minimum absolute atomic E-state index is 0.0231. The quantitative estimate of drug-likeness (QED) is 0.634. The second-order valence-corrected chi connectivity index (χ2v) is 5.04. The predicted octanol–water partition coefficient (Wildman–Crippen LogP) is 3.18. The van der Waals surface area contributed by atoms with Gasteiger partial charge in [0.15, 0.2) is 5.78 Å². The molecule has 1 aromatic rings. The summed E-state index contributed by atoms with van der Waals surface area (Å²) in [5.74, 6) is -0.326. The molecule has 0 spiro atoms. The maximum absolute atomic E-state index is 12.2. The lowest BCUT2D eigenvalue weighted by Crippen LogP contribution is -2.18. The van der Waals surface area contributed by atoms with Gasteiger partial charge in [0.2, 0.25) is 0 Å². The van der Waals surface area contributed by atoms with Crippen molar-refractivity contribution in [3.63, 3.8) is 0 Å². The van der Waals surface area contributed by atoms with Crippen molar-refractivity contribution >= 4 is 17.8 Å². The zero-order valence-corrected chi connectivity index (χ0v) is 12.7. The molecule has 0 saturated heterocycles. The van der Waals surface area contributed by atoms with Crippen LogP contribution in [-0.2, 0) is 14.3 Å². The smallest absolute Gasteiger partial charge is 0.334 e. The second kappa shape index (κ2) is 6.86. The number of nitrogens with zero attached hydrogens (tertiary/aromatic N) is 1. The molecule has 2 rings (SSSR count). The highest BCUT2D eigenvalue weighted by atomic mass is 16.5. The fourth-order valence-corrected chi connectivity index (χ4v) is 2.42. The number of ketones is 1. The molecule has 0 aromatic heterocycles. The number of benzene rings is 1. The molecular weight excluding hydrogens is 278 g/mol. The van der Waals surface area contributed by atoms with Gasteiger partial charge >= 0.3 is 5.97 Å². The van der Waals surface area contributed by atoms with Gasteiger partial charge in [-0.15, -0.1) is 0 Å². The van der Waals surface area contributed by atoms with Gasteiger partial charge in [0.25, 0.3) is 0 Å². The monoisotopic (exact) mass is 295 g/mol. The molecule has 0 radical (unpaired) electrons. The van der Waals surface area contributed by atoms with Crippen LogP contribution in [0.4, 0.5) is 0 Å². The lowest BCUT2D eigenvalue weighted by atomic mass is 9.86. The number of nitriles is 1. The number of hydrogen-bond acceptors (Lipinski definition) is 4. The van der Waals surface area contributed by atoms with Gasteiger partial charge in [0, 0.05) is 17.6 Å². The Morgan fingerprint density at radius 3 is 2.59 bits per heavy atom. The topological polar surface area (TPSA) is 67.2 Å². The van der Waals surface area contributed by atoms with Gasteiger partial charge in [0.1, 0.15) is 0 Å². The van der Waals surface area contributed by atoms with E-state index in [1.165, 1.54) is 0 Å². The summed E-state index contributed by atoms with van der Waals surface area (Å²) < 4.78 is 5.04. The molecule has 1 aromatic carbocycles. The Morgan fingerprint density at radius 1 is 1.32 bits per heavy atom. The fourth-order valence-electron chi connectivity index (χ4n) is 2.42. The van der Waals surface area contributed by atoms with E-state index in [4.69, 9.17) is 10.00 Å². The molecule has 0 heterocycles. The van der Waals surface area contributed by atoms with Gasteiger partial charge < -0.3 is 4.74 Å². The van der Waals surface area contributed by atoms with Gasteiger partial charge in [-0.25, -0.2) is 4.79 Å². The maximum Gasteiger partial charge on any atom is 0.334 e. The van der Waals surface area contributed by atoms with Gasteiger partial charge in [-0.3, -0.25) is 4.79 Å². The van der Waals surface area contributed by atoms with E-state index in [2.05, 4.69) is 6.07 Å². The fraction of sp³-hybridized carbons (Fsp3) is 0.278. The van der Waals surface area contributed by atoms with Crippen LogP contribution in [0.3, 0.4) is 0 Å². The molecule has 0 fully saturated rings. The van der Waals surface area contributed by atoms with Crippen molar-refractivity contribution < 1.29 is 14.3 Å². The van der Waals surface area contributed by atoms with E-state index in [0.717, 1.165) is 5.56 Å². The van der Waals surface area contributed by atoms with E-state index in [0.29, 0.717) is 41.7 Å². The van der Waals surface area contributed by atoms with E-state index >= 15 is 0 Å². The number of rotatable bonds is 3. The number of ether oxygens (including phenoxy) is 1. The zero-order valence-electron chi connectivity index (χ0n) is 12.7. The van der Waals surface area contributed by atoms with Crippen molar-refractivity contribution in [2.75, 3.05) is 6.61 Å². The SMILES string of the molecule is CCOC(=O)C1=C(C)/C(=C\c2ccc(C#N)cc2)C(=O)CC1. The number of esters is 1. The molecule has 112 valence electrons. The normalized spacial score (nSPS) is 16.6. The number of carbonyl (C=O) groups is 2. The lowest BCUT2D eigenvalue weighted by molar-refractivity contribution is -0.138. The van der Waals surface area contributed by atoms with Crippen LogP contribution in [0, 0.1) is 11.3 Å². The molecule has 0 amide bonds. The first-order valence-electron chi connectivity index (χ1n) is 7.19. The molecule has 0 saturated carbocycles. The first-order valence-corrected chi connectivity index (χ1v) is 7.19. The zero-order chi connectivity index (χ0) is 16.1. The Bertz CT molecular complexity index is 703. The first kappa shape index (κ1) is 15.7. The first-order chi connectivity index (χ1) is 10.6. The molecule has 0 N–H and O–H groups in total. The third-order valence-electron chi connectivity index (χ3n) is 3.63. The molecule has 1 aliphatic rings. The summed E-state index contributed by atoms with van der Waals surface area (Å²) in [5.41, 5.74) is 3.18. The average molecular weight is 295 g/mol. The molecule has 4 nitrogen and oxygen atoms in total. The molecule has 1 aliphatic carbocycles. The Kier molecular flexibility index (Phi) is 4.90. The number of carbonyl (C=O) groups excluding carboxylic acids is 2. The number of allylic oxidation sites excluding steroid dienone is 2. The third-order valence-corrected chi connectivity index (χ3v) is 3.63. The van der Waals surface area contributed by atoms with Crippen LogP contribution in [0.15, 0.2) is 41.0 Å². The lowest BCUT2D eigenvalue weighted by Gasteiger charge is -2.18. The standard InChI is InChI=1S/C18H17NO3/c1-3-22-18(21)15-8-9-17(20)16(12(15)2)10-13-4-6-14(11-19)7-5-13/h4-7,10H,3,8-9H2,1-2H3/b16-10+. The molecule has 4 heteroatoms. The maximum atomic E-state index is 12.2. The Labute approximate surface area is 129 Å². The van der Waals surface area contributed by atoms with Gasteiger partial charge in [-0.2, -0.15) is 5.26 Å². The molecule has 0 atom stereocenters. The highest BCUT2D eigenvalue weighted by molar-refractivity contribution is 6.08. The molecule has 0 unspecified atom stereocenters. The minimum atomic E-state index is -0.349. The largest absolute Gasteiger partial charge is 0.463 e. The molecular formula is C18H17NO3. The van der Waals surface area contributed by atoms with Crippen molar-refractivity contribution in [2.24, 2.45) is 0 Å².